The summed E-state index contributed by atoms with van der Waals surface area (Å²) in [5.74, 6) is 0. The zero-order chi connectivity index (χ0) is 20.1. The summed E-state index contributed by atoms with van der Waals surface area (Å²) >= 11 is 0. The predicted molar refractivity (Wildman–Crippen MR) is 112 cm³/mol. The van der Waals surface area contributed by atoms with Crippen LogP contribution in [0.2, 0.25) is 0 Å². The maximum absolute atomic E-state index is 12.5. The number of aromatic nitrogens is 2. The summed E-state index contributed by atoms with van der Waals surface area (Å²) in [6.07, 6.45) is 3.84. The van der Waals surface area contributed by atoms with Gasteiger partial charge >= 0.3 is 6.09 Å². The number of imidazole rings is 1. The highest BCUT2D eigenvalue weighted by molar-refractivity contribution is 5.72. The summed E-state index contributed by atoms with van der Waals surface area (Å²) in [5.41, 5.74) is 3.06. The molecule has 1 atom stereocenters. The number of benzene rings is 1. The lowest BCUT2D eigenvalue weighted by Crippen LogP contribution is -2.70. The van der Waals surface area contributed by atoms with Crippen LogP contribution in [0.15, 0.2) is 60.9 Å². The third-order valence-electron chi connectivity index (χ3n) is 6.71. The number of hydrogen-bond donors (Lipinski definition) is 0. The Morgan fingerprint density at radius 3 is 2.70 bits per heavy atom. The van der Waals surface area contributed by atoms with Crippen molar-refractivity contribution in [3.8, 4) is 0 Å². The topological polar surface area (TPSA) is 53.3 Å². The quantitative estimate of drug-likeness (QED) is 0.669. The molecule has 2 aromatic heterocycles. The number of pyridine rings is 1. The molecule has 1 amide bonds. The molecule has 7 nitrogen and oxygen atoms in total. The molecule has 3 aliphatic heterocycles. The van der Waals surface area contributed by atoms with Gasteiger partial charge in [0.1, 0.15) is 5.65 Å². The normalized spacial score (nSPS) is 23.5. The van der Waals surface area contributed by atoms with Crippen molar-refractivity contribution < 1.29 is 9.53 Å². The molecule has 5 heterocycles. The Labute approximate surface area is 175 Å². The van der Waals surface area contributed by atoms with Gasteiger partial charge in [-0.15, -0.1) is 0 Å². The minimum Gasteiger partial charge on any atom is -0.438 e. The maximum Gasteiger partial charge on any atom is 0.410 e. The van der Waals surface area contributed by atoms with Gasteiger partial charge in [-0.1, -0.05) is 36.4 Å². The molecule has 30 heavy (non-hydrogen) atoms. The molecule has 7 heteroatoms. The van der Waals surface area contributed by atoms with E-state index in [1.54, 1.807) is 0 Å². The molecule has 0 bridgehead atoms. The van der Waals surface area contributed by atoms with Crippen LogP contribution in [0.4, 0.5) is 4.79 Å². The van der Waals surface area contributed by atoms with Crippen molar-refractivity contribution in [2.24, 2.45) is 0 Å². The van der Waals surface area contributed by atoms with Crippen molar-refractivity contribution in [1.29, 1.82) is 0 Å². The van der Waals surface area contributed by atoms with Crippen LogP contribution in [0.5, 0.6) is 0 Å². The van der Waals surface area contributed by atoms with Gasteiger partial charge in [-0.3, -0.25) is 14.7 Å². The van der Waals surface area contributed by atoms with Crippen LogP contribution in [0.3, 0.4) is 0 Å². The average molecular weight is 403 g/mol. The summed E-state index contributed by atoms with van der Waals surface area (Å²) in [4.78, 5) is 23.8. The van der Waals surface area contributed by atoms with Crippen molar-refractivity contribution in [1.82, 2.24) is 24.1 Å². The number of amides is 1. The fourth-order valence-corrected chi connectivity index (χ4v) is 5.22. The predicted octanol–water partition coefficient (Wildman–Crippen LogP) is 2.23. The Bertz CT molecular complexity index is 1080. The summed E-state index contributed by atoms with van der Waals surface area (Å²) in [6, 6.07) is 16.7. The highest BCUT2D eigenvalue weighted by Gasteiger charge is 2.61. The number of ether oxygens (including phenoxy) is 1. The lowest BCUT2D eigenvalue weighted by Gasteiger charge is -2.51. The minimum atomic E-state index is -0.382. The average Bonchev–Trinajstić information content (AvgIpc) is 3.28. The third-order valence-corrected chi connectivity index (χ3v) is 6.71. The standard InChI is InChI=1S/C23H25N5O2/c29-22-28-11-10-25(13-18-6-2-1-3-7-18)15-20(28)23(30-22)16-26(17-23)14-19-12-24-21-8-4-5-9-27(19)21/h1-9,12,20H,10-11,13-17H2. The molecule has 3 fully saturated rings. The summed E-state index contributed by atoms with van der Waals surface area (Å²) in [6.45, 7) is 5.78. The van der Waals surface area contributed by atoms with E-state index >= 15 is 0 Å². The second-order valence-corrected chi connectivity index (χ2v) is 8.69. The first-order valence-corrected chi connectivity index (χ1v) is 10.6. The second-order valence-electron chi connectivity index (χ2n) is 8.69. The van der Waals surface area contributed by atoms with Gasteiger partial charge in [0.2, 0.25) is 0 Å². The number of carbonyl (C=O) groups excluding carboxylic acids is 1. The van der Waals surface area contributed by atoms with Gasteiger partial charge < -0.3 is 9.14 Å². The number of nitrogens with zero attached hydrogens (tertiary/aromatic N) is 5. The molecule has 154 valence electrons. The fraction of sp³-hybridized carbons (Fsp3) is 0.391. The third kappa shape index (κ3) is 2.88. The number of carbonyl (C=O) groups is 1. The van der Waals surface area contributed by atoms with Gasteiger partial charge in [0.05, 0.1) is 17.9 Å². The van der Waals surface area contributed by atoms with E-state index in [1.165, 1.54) is 5.56 Å². The molecule has 0 N–H and O–H groups in total. The van der Waals surface area contributed by atoms with Gasteiger partial charge in [-0.05, 0) is 17.7 Å². The number of likely N-dealkylation sites (tertiary alicyclic amines) is 1. The van der Waals surface area contributed by atoms with E-state index in [-0.39, 0.29) is 17.7 Å². The molecule has 0 aliphatic carbocycles. The lowest BCUT2D eigenvalue weighted by molar-refractivity contribution is -0.107. The van der Waals surface area contributed by atoms with Crippen molar-refractivity contribution in [3.05, 3.63) is 72.2 Å². The van der Waals surface area contributed by atoms with Crippen LogP contribution in [0, 0.1) is 0 Å². The van der Waals surface area contributed by atoms with E-state index in [0.717, 1.165) is 57.2 Å². The lowest BCUT2D eigenvalue weighted by atomic mass is 9.84. The number of hydrogen-bond acceptors (Lipinski definition) is 5. The van der Waals surface area contributed by atoms with Crippen molar-refractivity contribution in [3.63, 3.8) is 0 Å². The molecule has 0 radical (unpaired) electrons. The Hall–Kier alpha value is -2.90. The highest BCUT2D eigenvalue weighted by atomic mass is 16.6. The van der Waals surface area contributed by atoms with Crippen LogP contribution in [0.1, 0.15) is 11.3 Å². The summed E-state index contributed by atoms with van der Waals surface area (Å²) < 4.78 is 8.09. The number of rotatable bonds is 4. The first-order chi connectivity index (χ1) is 14.7. The maximum atomic E-state index is 12.5. The van der Waals surface area contributed by atoms with Crippen LogP contribution in [-0.4, -0.2) is 74.5 Å². The molecular weight excluding hydrogens is 378 g/mol. The zero-order valence-corrected chi connectivity index (χ0v) is 16.9. The molecular formula is C23H25N5O2. The molecule has 1 aromatic carbocycles. The molecule has 1 unspecified atom stereocenters. The summed E-state index contributed by atoms with van der Waals surface area (Å²) in [7, 11) is 0. The van der Waals surface area contributed by atoms with Crippen LogP contribution in [-0.2, 0) is 17.8 Å². The number of piperazine rings is 1. The Balaban J connectivity index is 1.15. The second kappa shape index (κ2) is 6.82. The number of fused-ring (bicyclic) bond motifs is 3. The van der Waals surface area contributed by atoms with Gasteiger partial charge in [-0.25, -0.2) is 9.78 Å². The first-order valence-electron chi connectivity index (χ1n) is 10.6. The Morgan fingerprint density at radius 1 is 1.00 bits per heavy atom. The van der Waals surface area contributed by atoms with E-state index in [2.05, 4.69) is 43.4 Å². The van der Waals surface area contributed by atoms with Gasteiger partial charge in [0, 0.05) is 52.0 Å². The molecule has 0 saturated carbocycles. The van der Waals surface area contributed by atoms with Crippen LogP contribution in [0.25, 0.3) is 5.65 Å². The van der Waals surface area contributed by atoms with Crippen molar-refractivity contribution in [2.75, 3.05) is 32.7 Å². The van der Waals surface area contributed by atoms with Crippen molar-refractivity contribution in [2.45, 2.75) is 24.7 Å². The molecule has 1 spiro atoms. The zero-order valence-electron chi connectivity index (χ0n) is 16.9. The van der Waals surface area contributed by atoms with Gasteiger partial charge in [0.15, 0.2) is 5.60 Å². The van der Waals surface area contributed by atoms with Gasteiger partial charge in [-0.2, -0.15) is 0 Å². The molecule has 3 saturated heterocycles. The Kier molecular flexibility index (Phi) is 4.07. The van der Waals surface area contributed by atoms with Crippen LogP contribution < -0.4 is 0 Å². The monoisotopic (exact) mass is 403 g/mol. The van der Waals surface area contributed by atoms with Crippen LogP contribution >= 0.6 is 0 Å². The van der Waals surface area contributed by atoms with E-state index in [9.17, 15) is 4.79 Å². The van der Waals surface area contributed by atoms with Gasteiger partial charge in [0.25, 0.3) is 0 Å². The smallest absolute Gasteiger partial charge is 0.410 e. The SMILES string of the molecule is O=C1OC2(CN(Cc3cnc4ccccn34)C2)C2CN(Cc3ccccc3)CCN12. The minimum absolute atomic E-state index is 0.126. The fourth-order valence-electron chi connectivity index (χ4n) is 5.22. The Morgan fingerprint density at radius 2 is 1.83 bits per heavy atom. The largest absolute Gasteiger partial charge is 0.438 e. The molecule has 3 aliphatic rings. The van der Waals surface area contributed by atoms with Crippen molar-refractivity contribution >= 4 is 11.7 Å². The van der Waals surface area contributed by atoms with E-state index < -0.39 is 0 Å². The van der Waals surface area contributed by atoms with E-state index in [0.29, 0.717) is 0 Å². The molecule has 6 rings (SSSR count). The first kappa shape index (κ1) is 17.9. The van der Waals surface area contributed by atoms with E-state index in [4.69, 9.17) is 4.74 Å². The molecule has 3 aromatic rings. The highest BCUT2D eigenvalue weighted by Crippen LogP contribution is 2.40. The van der Waals surface area contributed by atoms with E-state index in [1.807, 2.05) is 41.6 Å². The summed E-state index contributed by atoms with van der Waals surface area (Å²) in [5, 5.41) is 0.